The predicted octanol–water partition coefficient (Wildman–Crippen LogP) is 0.325. The van der Waals surface area contributed by atoms with Crippen molar-refractivity contribution < 1.29 is 28.5 Å². The number of anilines is 1. The number of likely N-dealkylation sites (tertiary alicyclic amines) is 1. The smallest absolute Gasteiger partial charge is 0.389 e. The molecule has 2 aliphatic rings. The van der Waals surface area contributed by atoms with Gasteiger partial charge in [-0.05, 0) is 24.5 Å². The second-order valence-electron chi connectivity index (χ2n) is 6.81. The first-order chi connectivity index (χ1) is 11.8. The molecule has 1 unspecified atom stereocenters. The van der Waals surface area contributed by atoms with Gasteiger partial charge in [0.2, 0.25) is 0 Å². The van der Waals surface area contributed by atoms with Crippen LogP contribution >= 0.6 is 0 Å². The van der Waals surface area contributed by atoms with Crippen molar-refractivity contribution in [3.8, 4) is 0 Å². The molecular weight excluding hydrogens is 339 g/mol. The lowest BCUT2D eigenvalue weighted by molar-refractivity contribution is -0.140. The van der Waals surface area contributed by atoms with Crippen molar-refractivity contribution in [3.63, 3.8) is 0 Å². The highest BCUT2D eigenvalue weighted by atomic mass is 19.4. The molecule has 140 valence electrons. The molecule has 0 aliphatic carbocycles. The number of halogens is 3. The molecule has 3 heterocycles. The molecule has 4 atom stereocenters. The number of β-amino-alcohol motifs (C(OH)–C–C–N with tert-alkyl or cyclic N) is 2. The standard InChI is InChI=1S/C16H22F3N3O3/c17-16(18,19)15-11(2-1-4-20-15)22-5-3-10(7-22)6-21-8-12(23)14(25)13(24)9-21/h1-2,4,10,12-14,23-25H,3,5-9H2/t10-,12-,13+,14?/m1/s1. The third-order valence-electron chi connectivity index (χ3n) is 4.88. The number of rotatable bonds is 3. The molecule has 0 radical (unpaired) electrons. The van der Waals surface area contributed by atoms with Crippen LogP contribution in [0.15, 0.2) is 18.3 Å². The van der Waals surface area contributed by atoms with Crippen LogP contribution in [0.2, 0.25) is 0 Å². The fourth-order valence-electron chi connectivity index (χ4n) is 3.66. The van der Waals surface area contributed by atoms with E-state index < -0.39 is 30.2 Å². The number of pyridine rings is 1. The van der Waals surface area contributed by atoms with Crippen LogP contribution in [0.3, 0.4) is 0 Å². The maximum atomic E-state index is 13.1. The maximum Gasteiger partial charge on any atom is 0.435 e. The van der Waals surface area contributed by atoms with Gasteiger partial charge in [0, 0.05) is 38.9 Å². The Morgan fingerprint density at radius 3 is 2.44 bits per heavy atom. The van der Waals surface area contributed by atoms with E-state index >= 15 is 0 Å². The molecule has 0 spiro atoms. The Hall–Kier alpha value is -1.42. The summed E-state index contributed by atoms with van der Waals surface area (Å²) >= 11 is 0. The lowest BCUT2D eigenvalue weighted by Crippen LogP contribution is -2.56. The van der Waals surface area contributed by atoms with E-state index in [0.29, 0.717) is 19.6 Å². The summed E-state index contributed by atoms with van der Waals surface area (Å²) in [5, 5.41) is 29.1. The molecule has 2 aliphatic heterocycles. The average Bonchev–Trinajstić information content (AvgIpc) is 3.00. The summed E-state index contributed by atoms with van der Waals surface area (Å²) in [6, 6.07) is 2.93. The molecule has 1 aromatic heterocycles. The zero-order chi connectivity index (χ0) is 18.2. The summed E-state index contributed by atoms with van der Waals surface area (Å²) in [6.45, 7) is 2.00. The minimum atomic E-state index is -4.49. The van der Waals surface area contributed by atoms with Crippen LogP contribution in [0.5, 0.6) is 0 Å². The number of aliphatic hydroxyl groups excluding tert-OH is 3. The minimum Gasteiger partial charge on any atom is -0.389 e. The molecule has 3 N–H and O–H groups in total. The molecule has 0 bridgehead atoms. The summed E-state index contributed by atoms with van der Waals surface area (Å²) in [5.74, 6) is 0.121. The molecule has 0 amide bonds. The summed E-state index contributed by atoms with van der Waals surface area (Å²) in [7, 11) is 0. The highest BCUT2D eigenvalue weighted by Gasteiger charge is 2.39. The highest BCUT2D eigenvalue weighted by Crippen LogP contribution is 2.36. The molecule has 0 aromatic carbocycles. The Morgan fingerprint density at radius 1 is 1.12 bits per heavy atom. The van der Waals surface area contributed by atoms with Crippen LogP contribution in [0, 0.1) is 5.92 Å². The Kier molecular flexibility index (Phi) is 5.19. The molecule has 2 fully saturated rings. The van der Waals surface area contributed by atoms with Crippen LogP contribution in [0.4, 0.5) is 18.9 Å². The van der Waals surface area contributed by atoms with Crippen molar-refractivity contribution in [3.05, 3.63) is 24.0 Å². The summed E-state index contributed by atoms with van der Waals surface area (Å²) in [6.07, 6.45) is -5.82. The molecule has 9 heteroatoms. The Labute approximate surface area is 143 Å². The molecule has 3 rings (SSSR count). The summed E-state index contributed by atoms with van der Waals surface area (Å²) in [5.41, 5.74) is -0.783. The Bertz CT molecular complexity index is 589. The van der Waals surface area contributed by atoms with Gasteiger partial charge in [-0.2, -0.15) is 13.2 Å². The van der Waals surface area contributed by atoms with Gasteiger partial charge in [0.25, 0.3) is 0 Å². The van der Waals surface area contributed by atoms with Crippen LogP contribution in [0.1, 0.15) is 12.1 Å². The van der Waals surface area contributed by atoms with Gasteiger partial charge in [0.1, 0.15) is 6.10 Å². The normalized spacial score (nSPS) is 31.5. The van der Waals surface area contributed by atoms with E-state index in [1.54, 1.807) is 4.90 Å². The molecular formula is C16H22F3N3O3. The fourth-order valence-corrected chi connectivity index (χ4v) is 3.66. The number of piperidine rings is 1. The van der Waals surface area contributed by atoms with Crippen LogP contribution < -0.4 is 4.90 Å². The third kappa shape index (κ3) is 4.05. The average molecular weight is 361 g/mol. The Morgan fingerprint density at radius 2 is 1.80 bits per heavy atom. The second-order valence-corrected chi connectivity index (χ2v) is 6.81. The summed E-state index contributed by atoms with van der Waals surface area (Å²) in [4.78, 5) is 7.03. The van der Waals surface area contributed by atoms with Gasteiger partial charge in [-0.3, -0.25) is 4.90 Å². The molecule has 0 saturated carbocycles. The molecule has 2 saturated heterocycles. The van der Waals surface area contributed by atoms with Crippen molar-refractivity contribution in [2.24, 2.45) is 5.92 Å². The van der Waals surface area contributed by atoms with Gasteiger partial charge >= 0.3 is 6.18 Å². The fraction of sp³-hybridized carbons (Fsp3) is 0.688. The predicted molar refractivity (Wildman–Crippen MR) is 84.0 cm³/mol. The van der Waals surface area contributed by atoms with E-state index in [1.807, 2.05) is 4.90 Å². The first-order valence-electron chi connectivity index (χ1n) is 8.29. The van der Waals surface area contributed by atoms with Crippen molar-refractivity contribution in [1.29, 1.82) is 0 Å². The van der Waals surface area contributed by atoms with E-state index in [9.17, 15) is 28.5 Å². The highest BCUT2D eigenvalue weighted by molar-refractivity contribution is 5.52. The van der Waals surface area contributed by atoms with E-state index in [-0.39, 0.29) is 24.7 Å². The van der Waals surface area contributed by atoms with E-state index in [2.05, 4.69) is 4.98 Å². The van der Waals surface area contributed by atoms with Gasteiger partial charge in [-0.25, -0.2) is 4.98 Å². The second kappa shape index (κ2) is 7.06. The van der Waals surface area contributed by atoms with Crippen LogP contribution in [0.25, 0.3) is 0 Å². The number of aromatic nitrogens is 1. The monoisotopic (exact) mass is 361 g/mol. The lowest BCUT2D eigenvalue weighted by Gasteiger charge is -2.38. The quantitative estimate of drug-likeness (QED) is 0.720. The largest absolute Gasteiger partial charge is 0.435 e. The number of aliphatic hydroxyl groups is 3. The van der Waals surface area contributed by atoms with Crippen molar-refractivity contribution in [2.75, 3.05) is 37.6 Å². The van der Waals surface area contributed by atoms with E-state index in [1.165, 1.54) is 12.1 Å². The number of hydrogen-bond acceptors (Lipinski definition) is 6. The van der Waals surface area contributed by atoms with E-state index in [4.69, 9.17) is 0 Å². The SMILES string of the molecule is OC1[C@H](O)CN(C[C@H]2CCN(c3cccnc3C(F)(F)F)C2)C[C@@H]1O. The van der Waals surface area contributed by atoms with Crippen molar-refractivity contribution in [1.82, 2.24) is 9.88 Å². The van der Waals surface area contributed by atoms with Gasteiger partial charge in [-0.15, -0.1) is 0 Å². The summed E-state index contributed by atoms with van der Waals surface area (Å²) < 4.78 is 39.4. The van der Waals surface area contributed by atoms with E-state index in [0.717, 1.165) is 12.6 Å². The van der Waals surface area contributed by atoms with Crippen LogP contribution in [-0.4, -0.2) is 76.2 Å². The maximum absolute atomic E-state index is 13.1. The number of alkyl halides is 3. The minimum absolute atomic E-state index is 0.0895. The van der Waals surface area contributed by atoms with Crippen molar-refractivity contribution in [2.45, 2.75) is 30.9 Å². The first kappa shape index (κ1) is 18.4. The number of nitrogens with zero attached hydrogens (tertiary/aromatic N) is 3. The topological polar surface area (TPSA) is 80.1 Å². The first-order valence-corrected chi connectivity index (χ1v) is 8.29. The van der Waals surface area contributed by atoms with Crippen LogP contribution in [-0.2, 0) is 6.18 Å². The number of hydrogen-bond donors (Lipinski definition) is 3. The zero-order valence-electron chi connectivity index (χ0n) is 13.6. The molecule has 6 nitrogen and oxygen atoms in total. The van der Waals surface area contributed by atoms with Gasteiger partial charge in [0.05, 0.1) is 17.9 Å². The molecule has 1 aromatic rings. The lowest BCUT2D eigenvalue weighted by atomic mass is 10.00. The van der Waals surface area contributed by atoms with Gasteiger partial charge in [0.15, 0.2) is 5.69 Å². The van der Waals surface area contributed by atoms with Gasteiger partial charge < -0.3 is 20.2 Å². The molecule has 25 heavy (non-hydrogen) atoms. The third-order valence-corrected chi connectivity index (χ3v) is 4.88. The van der Waals surface area contributed by atoms with Gasteiger partial charge in [-0.1, -0.05) is 0 Å². The zero-order valence-corrected chi connectivity index (χ0v) is 13.6. The Balaban J connectivity index is 1.63. The van der Waals surface area contributed by atoms with Crippen molar-refractivity contribution >= 4 is 5.69 Å².